The summed E-state index contributed by atoms with van der Waals surface area (Å²) in [7, 11) is 5.74. The summed E-state index contributed by atoms with van der Waals surface area (Å²) in [4.78, 5) is 4.43. The van der Waals surface area contributed by atoms with Crippen molar-refractivity contribution in [3.05, 3.63) is 114 Å². The molecule has 0 saturated carbocycles. The lowest BCUT2D eigenvalue weighted by Crippen LogP contribution is -2.22. The van der Waals surface area contributed by atoms with Crippen LogP contribution in [0.3, 0.4) is 0 Å². The molecule has 5 rings (SSSR count). The van der Waals surface area contributed by atoms with Crippen LogP contribution in [-0.2, 0) is 24.4 Å². The number of methoxy groups -OCH3 is 1. The van der Waals surface area contributed by atoms with E-state index in [9.17, 15) is 0 Å². The van der Waals surface area contributed by atoms with E-state index in [0.29, 0.717) is 19.8 Å². The van der Waals surface area contributed by atoms with Crippen LogP contribution in [0.2, 0.25) is 0 Å². The van der Waals surface area contributed by atoms with Gasteiger partial charge in [0.2, 0.25) is 0 Å². The zero-order valence-corrected chi connectivity index (χ0v) is 23.3. The largest absolute Gasteiger partial charge is 0.497 e. The van der Waals surface area contributed by atoms with E-state index in [2.05, 4.69) is 80.7 Å². The highest BCUT2D eigenvalue weighted by Crippen LogP contribution is 2.25. The van der Waals surface area contributed by atoms with Gasteiger partial charge in [-0.05, 0) is 59.2 Å². The lowest BCUT2D eigenvalue weighted by atomic mass is 10.1. The molecule has 40 heavy (non-hydrogen) atoms. The molecular weight excluding hydrogens is 500 g/mol. The molecule has 0 saturated heterocycles. The number of nitrogens with zero attached hydrogens (tertiary/aromatic N) is 3. The number of hydrogen-bond donors (Lipinski definition) is 1. The Hall–Kier alpha value is -4.49. The Balaban J connectivity index is 1.25. The SMILES string of the molecule is COc1cccc(CN(Cc2ccc3cn[nH]c3c2)c2cccc(COCCOc3cccc(N(C)C)c3)c2)c1. The molecule has 0 atom stereocenters. The molecule has 1 heterocycles. The molecule has 7 nitrogen and oxygen atoms in total. The fraction of sp³-hybridized carbons (Fsp3) is 0.242. The minimum Gasteiger partial charge on any atom is -0.497 e. The van der Waals surface area contributed by atoms with E-state index in [1.807, 2.05) is 50.6 Å². The van der Waals surface area contributed by atoms with Crippen molar-refractivity contribution in [2.45, 2.75) is 19.7 Å². The zero-order chi connectivity index (χ0) is 27.7. The van der Waals surface area contributed by atoms with E-state index in [0.717, 1.165) is 52.4 Å². The molecule has 0 radical (unpaired) electrons. The van der Waals surface area contributed by atoms with E-state index >= 15 is 0 Å². The molecule has 0 aliphatic rings. The minimum absolute atomic E-state index is 0.495. The van der Waals surface area contributed by atoms with Gasteiger partial charge in [-0.2, -0.15) is 5.10 Å². The Morgan fingerprint density at radius 3 is 2.33 bits per heavy atom. The Labute approximate surface area is 235 Å². The van der Waals surface area contributed by atoms with Gasteiger partial charge in [-0.25, -0.2) is 0 Å². The van der Waals surface area contributed by atoms with Crippen LogP contribution in [0.15, 0.2) is 97.2 Å². The number of rotatable bonds is 13. The van der Waals surface area contributed by atoms with Crippen molar-refractivity contribution in [2.24, 2.45) is 0 Å². The minimum atomic E-state index is 0.495. The predicted octanol–water partition coefficient (Wildman–Crippen LogP) is 6.44. The molecule has 5 aromatic rings. The number of aromatic nitrogens is 2. The van der Waals surface area contributed by atoms with Gasteiger partial charge in [0.1, 0.15) is 18.1 Å². The van der Waals surface area contributed by atoms with E-state index < -0.39 is 0 Å². The molecule has 0 fully saturated rings. The number of aromatic amines is 1. The van der Waals surface area contributed by atoms with Crippen LogP contribution in [0, 0.1) is 0 Å². The Morgan fingerprint density at radius 2 is 1.48 bits per heavy atom. The third kappa shape index (κ3) is 7.12. The molecule has 1 N–H and O–H groups in total. The number of H-pyrrole nitrogens is 1. The summed E-state index contributed by atoms with van der Waals surface area (Å²) in [5.74, 6) is 1.70. The Kier molecular flexibility index (Phi) is 8.83. The molecule has 4 aromatic carbocycles. The number of anilines is 2. The predicted molar refractivity (Wildman–Crippen MR) is 161 cm³/mol. The number of hydrogen-bond acceptors (Lipinski definition) is 6. The number of fused-ring (bicyclic) bond motifs is 1. The fourth-order valence-corrected chi connectivity index (χ4v) is 4.64. The molecule has 0 bridgehead atoms. The van der Waals surface area contributed by atoms with Crippen LogP contribution in [0.5, 0.6) is 11.5 Å². The lowest BCUT2D eigenvalue weighted by molar-refractivity contribution is 0.0889. The van der Waals surface area contributed by atoms with Crippen LogP contribution in [0.1, 0.15) is 16.7 Å². The summed E-state index contributed by atoms with van der Waals surface area (Å²) >= 11 is 0. The molecular formula is C33H36N4O3. The first-order valence-corrected chi connectivity index (χ1v) is 13.4. The second-order valence-corrected chi connectivity index (χ2v) is 9.96. The second-order valence-electron chi connectivity index (χ2n) is 9.96. The van der Waals surface area contributed by atoms with Crippen molar-refractivity contribution < 1.29 is 14.2 Å². The van der Waals surface area contributed by atoms with Gasteiger partial charge in [-0.3, -0.25) is 5.10 Å². The van der Waals surface area contributed by atoms with Crippen LogP contribution < -0.4 is 19.3 Å². The summed E-state index contributed by atoms with van der Waals surface area (Å²) in [5.41, 5.74) is 6.78. The molecule has 1 aromatic heterocycles. The van der Waals surface area contributed by atoms with Gasteiger partial charge >= 0.3 is 0 Å². The third-order valence-electron chi connectivity index (χ3n) is 6.76. The average Bonchev–Trinajstić information content (AvgIpc) is 3.45. The van der Waals surface area contributed by atoms with Crippen molar-refractivity contribution in [1.82, 2.24) is 10.2 Å². The standard InChI is InChI=1S/C33H36N4O3/c1-36(2)29-9-6-12-32(20-29)40-16-15-39-24-27-8-4-10-30(17-27)37(22-25-7-5-11-31(18-25)38-3)23-26-13-14-28-21-34-35-33(28)19-26/h4-14,17-21H,15-16,22-24H2,1-3H3,(H,34,35). The number of benzene rings is 4. The summed E-state index contributed by atoms with van der Waals surface area (Å²) < 4.78 is 17.3. The summed E-state index contributed by atoms with van der Waals surface area (Å²) in [6.07, 6.45) is 1.85. The van der Waals surface area contributed by atoms with Gasteiger partial charge in [-0.15, -0.1) is 0 Å². The fourth-order valence-electron chi connectivity index (χ4n) is 4.64. The molecule has 0 spiro atoms. The van der Waals surface area contributed by atoms with E-state index in [1.54, 1.807) is 7.11 Å². The maximum Gasteiger partial charge on any atom is 0.121 e. The van der Waals surface area contributed by atoms with Crippen molar-refractivity contribution in [3.63, 3.8) is 0 Å². The Morgan fingerprint density at radius 1 is 0.725 bits per heavy atom. The van der Waals surface area contributed by atoms with Crippen LogP contribution >= 0.6 is 0 Å². The lowest BCUT2D eigenvalue weighted by Gasteiger charge is -2.26. The van der Waals surface area contributed by atoms with Crippen molar-refractivity contribution in [1.29, 1.82) is 0 Å². The third-order valence-corrected chi connectivity index (χ3v) is 6.76. The quantitative estimate of drug-likeness (QED) is 0.175. The molecule has 206 valence electrons. The van der Waals surface area contributed by atoms with E-state index in [4.69, 9.17) is 14.2 Å². The van der Waals surface area contributed by atoms with E-state index in [1.165, 1.54) is 11.1 Å². The highest BCUT2D eigenvalue weighted by Gasteiger charge is 2.12. The van der Waals surface area contributed by atoms with E-state index in [-0.39, 0.29) is 0 Å². The molecule has 0 unspecified atom stereocenters. The highest BCUT2D eigenvalue weighted by atomic mass is 16.5. The maximum atomic E-state index is 5.98. The first kappa shape index (κ1) is 27.1. The summed E-state index contributed by atoms with van der Waals surface area (Å²) in [6, 6.07) is 31.3. The van der Waals surface area contributed by atoms with Gasteiger partial charge in [0.15, 0.2) is 0 Å². The Bertz CT molecular complexity index is 1530. The summed E-state index contributed by atoms with van der Waals surface area (Å²) in [6.45, 7) is 3.00. The van der Waals surface area contributed by atoms with Gasteiger partial charge in [-0.1, -0.05) is 42.5 Å². The zero-order valence-electron chi connectivity index (χ0n) is 23.3. The maximum absolute atomic E-state index is 5.98. The first-order chi connectivity index (χ1) is 19.6. The molecule has 0 aliphatic heterocycles. The number of nitrogens with one attached hydrogen (secondary N) is 1. The topological polar surface area (TPSA) is 62.9 Å². The van der Waals surface area contributed by atoms with Crippen molar-refractivity contribution in [3.8, 4) is 11.5 Å². The van der Waals surface area contributed by atoms with Crippen LogP contribution in [0.4, 0.5) is 11.4 Å². The normalized spacial score (nSPS) is 11.0. The molecule has 7 heteroatoms. The first-order valence-electron chi connectivity index (χ1n) is 13.4. The average molecular weight is 537 g/mol. The number of ether oxygens (including phenoxy) is 3. The van der Waals surface area contributed by atoms with Crippen LogP contribution in [0.25, 0.3) is 10.9 Å². The van der Waals surface area contributed by atoms with Crippen molar-refractivity contribution >= 4 is 22.3 Å². The van der Waals surface area contributed by atoms with Crippen molar-refractivity contribution in [2.75, 3.05) is 44.2 Å². The van der Waals surface area contributed by atoms with Crippen LogP contribution in [-0.4, -0.2) is 44.6 Å². The van der Waals surface area contributed by atoms with Gasteiger partial charge in [0.05, 0.1) is 32.0 Å². The van der Waals surface area contributed by atoms with Gasteiger partial charge in [0.25, 0.3) is 0 Å². The smallest absolute Gasteiger partial charge is 0.121 e. The highest BCUT2D eigenvalue weighted by molar-refractivity contribution is 5.78. The molecule has 0 amide bonds. The summed E-state index contributed by atoms with van der Waals surface area (Å²) in [5, 5.41) is 8.36. The van der Waals surface area contributed by atoms with Gasteiger partial charge in [0, 0.05) is 50.0 Å². The second kappa shape index (κ2) is 13.0. The van der Waals surface area contributed by atoms with Gasteiger partial charge < -0.3 is 24.0 Å². The molecule has 0 aliphatic carbocycles. The monoisotopic (exact) mass is 536 g/mol.